The molecule has 0 amide bonds. The van der Waals surface area contributed by atoms with E-state index in [2.05, 4.69) is 29.1 Å². The molecular formula is C14H13N3. The first-order valence-electron chi connectivity index (χ1n) is 5.77. The van der Waals surface area contributed by atoms with Crippen LogP contribution in [0.2, 0.25) is 0 Å². The second-order valence-corrected chi connectivity index (χ2v) is 3.96. The van der Waals surface area contributed by atoms with Gasteiger partial charge >= 0.3 is 0 Å². The number of benzene rings is 1. The molecule has 2 heterocycles. The number of hydrogen-bond acceptors (Lipinski definition) is 2. The third-order valence-corrected chi connectivity index (χ3v) is 2.87. The van der Waals surface area contributed by atoms with Crippen LogP contribution >= 0.6 is 0 Å². The van der Waals surface area contributed by atoms with E-state index in [-0.39, 0.29) is 0 Å². The largest absolute Gasteiger partial charge is 0.237 e. The molecule has 3 aromatic rings. The number of nitrogens with zero attached hydrogens (tertiary/aromatic N) is 3. The summed E-state index contributed by atoms with van der Waals surface area (Å²) in [6.45, 7) is 2.12. The van der Waals surface area contributed by atoms with E-state index in [1.165, 1.54) is 5.69 Å². The average molecular weight is 223 g/mol. The first kappa shape index (κ1) is 10.0. The van der Waals surface area contributed by atoms with Crippen molar-refractivity contribution >= 4 is 5.65 Å². The Kier molecular flexibility index (Phi) is 2.37. The van der Waals surface area contributed by atoms with Crippen LogP contribution in [0.3, 0.4) is 0 Å². The molecule has 0 saturated heterocycles. The van der Waals surface area contributed by atoms with Crippen LogP contribution in [0.4, 0.5) is 0 Å². The molecule has 0 spiro atoms. The van der Waals surface area contributed by atoms with Gasteiger partial charge in [0.25, 0.3) is 0 Å². The van der Waals surface area contributed by atoms with Gasteiger partial charge in [-0.25, -0.2) is 9.50 Å². The summed E-state index contributed by atoms with van der Waals surface area (Å²) in [6.07, 6.45) is 2.79. The van der Waals surface area contributed by atoms with E-state index in [1.807, 2.05) is 41.0 Å². The molecule has 0 unspecified atom stereocenters. The molecule has 84 valence electrons. The molecule has 3 heteroatoms. The Labute approximate surface area is 99.7 Å². The van der Waals surface area contributed by atoms with E-state index < -0.39 is 0 Å². The molecule has 3 nitrogen and oxygen atoms in total. The van der Waals surface area contributed by atoms with Crippen LogP contribution in [0.25, 0.3) is 16.9 Å². The smallest absolute Gasteiger partial charge is 0.155 e. The molecule has 0 saturated carbocycles. The zero-order valence-corrected chi connectivity index (χ0v) is 9.67. The summed E-state index contributed by atoms with van der Waals surface area (Å²) < 4.78 is 1.92. The second-order valence-electron chi connectivity index (χ2n) is 3.96. The highest BCUT2D eigenvalue weighted by molar-refractivity contribution is 5.63. The maximum absolute atomic E-state index is 4.61. The van der Waals surface area contributed by atoms with Crippen LogP contribution in [0, 0.1) is 0 Å². The number of rotatable bonds is 2. The monoisotopic (exact) mass is 223 g/mol. The molecule has 0 aliphatic rings. The quantitative estimate of drug-likeness (QED) is 0.668. The van der Waals surface area contributed by atoms with Gasteiger partial charge in [0.05, 0.1) is 5.69 Å². The summed E-state index contributed by atoms with van der Waals surface area (Å²) >= 11 is 0. The van der Waals surface area contributed by atoms with E-state index in [0.717, 1.165) is 23.3 Å². The van der Waals surface area contributed by atoms with Crippen molar-refractivity contribution < 1.29 is 0 Å². The lowest BCUT2D eigenvalue weighted by Crippen LogP contribution is -1.97. The van der Waals surface area contributed by atoms with Gasteiger partial charge in [0.1, 0.15) is 0 Å². The van der Waals surface area contributed by atoms with Gasteiger partial charge in [0.15, 0.2) is 5.65 Å². The maximum atomic E-state index is 4.61. The van der Waals surface area contributed by atoms with Crippen LogP contribution < -0.4 is 0 Å². The first-order valence-corrected chi connectivity index (χ1v) is 5.77. The van der Waals surface area contributed by atoms with Gasteiger partial charge < -0.3 is 0 Å². The molecule has 2 aromatic heterocycles. The van der Waals surface area contributed by atoms with Crippen LogP contribution in [-0.2, 0) is 6.42 Å². The normalized spacial score (nSPS) is 10.9. The number of hydrogen-bond donors (Lipinski definition) is 0. The highest BCUT2D eigenvalue weighted by Crippen LogP contribution is 2.19. The minimum atomic E-state index is 0.906. The Morgan fingerprint density at radius 3 is 2.71 bits per heavy atom. The fraction of sp³-hybridized carbons (Fsp3) is 0.143. The molecule has 17 heavy (non-hydrogen) atoms. The summed E-state index contributed by atoms with van der Waals surface area (Å²) in [5.74, 6) is 0. The van der Waals surface area contributed by atoms with E-state index in [0.29, 0.717) is 0 Å². The molecule has 0 N–H and O–H groups in total. The van der Waals surface area contributed by atoms with Crippen LogP contribution in [0.15, 0.2) is 48.7 Å². The number of aromatic nitrogens is 3. The fourth-order valence-corrected chi connectivity index (χ4v) is 1.96. The minimum Gasteiger partial charge on any atom is -0.237 e. The molecule has 0 radical (unpaired) electrons. The lowest BCUT2D eigenvalue weighted by molar-refractivity contribution is 0.852. The summed E-state index contributed by atoms with van der Waals surface area (Å²) in [6, 6.07) is 14.2. The van der Waals surface area contributed by atoms with Crippen molar-refractivity contribution in [1.82, 2.24) is 14.6 Å². The van der Waals surface area contributed by atoms with Gasteiger partial charge in [-0.1, -0.05) is 37.3 Å². The molecule has 3 rings (SSSR count). The molecule has 0 bridgehead atoms. The van der Waals surface area contributed by atoms with Crippen LogP contribution in [0.1, 0.15) is 12.6 Å². The Hall–Kier alpha value is -2.16. The van der Waals surface area contributed by atoms with E-state index in [4.69, 9.17) is 0 Å². The van der Waals surface area contributed by atoms with Crippen molar-refractivity contribution in [2.45, 2.75) is 13.3 Å². The highest BCUT2D eigenvalue weighted by atomic mass is 15.3. The summed E-state index contributed by atoms with van der Waals surface area (Å²) in [4.78, 5) is 4.34. The summed E-state index contributed by atoms with van der Waals surface area (Å²) in [5.41, 5.74) is 4.18. The van der Waals surface area contributed by atoms with Gasteiger partial charge in [-0.3, -0.25) is 0 Å². The molecule has 0 atom stereocenters. The average Bonchev–Trinajstić information content (AvgIpc) is 2.83. The van der Waals surface area contributed by atoms with Gasteiger partial charge in [-0.05, 0) is 12.5 Å². The van der Waals surface area contributed by atoms with Crippen molar-refractivity contribution in [3.8, 4) is 11.3 Å². The first-order chi connectivity index (χ1) is 8.38. The topological polar surface area (TPSA) is 30.2 Å². The minimum absolute atomic E-state index is 0.906. The van der Waals surface area contributed by atoms with Gasteiger partial charge in [0.2, 0.25) is 0 Å². The Morgan fingerprint density at radius 2 is 1.94 bits per heavy atom. The fourth-order valence-electron chi connectivity index (χ4n) is 1.96. The van der Waals surface area contributed by atoms with Crippen molar-refractivity contribution in [1.29, 1.82) is 0 Å². The lowest BCUT2D eigenvalue weighted by atomic mass is 10.2. The van der Waals surface area contributed by atoms with E-state index in [1.54, 1.807) is 0 Å². The Bertz CT molecular complexity index is 641. The van der Waals surface area contributed by atoms with Crippen LogP contribution in [0.5, 0.6) is 0 Å². The number of fused-ring (bicyclic) bond motifs is 1. The van der Waals surface area contributed by atoms with E-state index in [9.17, 15) is 0 Å². The molecular weight excluding hydrogens is 210 g/mol. The van der Waals surface area contributed by atoms with Crippen molar-refractivity contribution in [2.24, 2.45) is 0 Å². The molecule has 0 fully saturated rings. The predicted octanol–water partition coefficient (Wildman–Crippen LogP) is 2.96. The van der Waals surface area contributed by atoms with Gasteiger partial charge in [-0.15, -0.1) is 0 Å². The summed E-state index contributed by atoms with van der Waals surface area (Å²) in [7, 11) is 0. The SMILES string of the molecule is CCc1ccnc2cc(-c3ccccc3)nn12. The van der Waals surface area contributed by atoms with Crippen molar-refractivity contribution in [2.75, 3.05) is 0 Å². The molecule has 0 aliphatic heterocycles. The highest BCUT2D eigenvalue weighted by Gasteiger charge is 2.06. The Balaban J connectivity index is 2.20. The predicted molar refractivity (Wildman–Crippen MR) is 67.8 cm³/mol. The Morgan fingerprint density at radius 1 is 1.12 bits per heavy atom. The zero-order valence-electron chi connectivity index (χ0n) is 9.67. The van der Waals surface area contributed by atoms with Crippen molar-refractivity contribution in [3.05, 3.63) is 54.4 Å². The zero-order chi connectivity index (χ0) is 11.7. The third-order valence-electron chi connectivity index (χ3n) is 2.87. The summed E-state index contributed by atoms with van der Waals surface area (Å²) in [5, 5.41) is 4.61. The maximum Gasteiger partial charge on any atom is 0.155 e. The molecule has 1 aromatic carbocycles. The van der Waals surface area contributed by atoms with Gasteiger partial charge in [-0.2, -0.15) is 5.10 Å². The standard InChI is InChI=1S/C14H13N3/c1-2-12-8-9-15-14-10-13(16-17(12)14)11-6-4-3-5-7-11/h3-10H,2H2,1H3. The molecule has 0 aliphatic carbocycles. The lowest BCUT2D eigenvalue weighted by Gasteiger charge is -1.99. The second kappa shape index (κ2) is 4.01. The van der Waals surface area contributed by atoms with Crippen molar-refractivity contribution in [3.63, 3.8) is 0 Å². The third kappa shape index (κ3) is 1.69. The van der Waals surface area contributed by atoms with Gasteiger partial charge in [0, 0.05) is 23.5 Å². The van der Waals surface area contributed by atoms with E-state index >= 15 is 0 Å². The number of aryl methyl sites for hydroxylation is 1. The van der Waals surface area contributed by atoms with Crippen LogP contribution in [-0.4, -0.2) is 14.6 Å².